The molecule has 0 saturated heterocycles. The summed E-state index contributed by atoms with van der Waals surface area (Å²) in [6, 6.07) is 6.98. The largest absolute Gasteiger partial charge is 0.493 e. The molecule has 0 aliphatic heterocycles. The Morgan fingerprint density at radius 3 is 2.23 bits per heavy atom. The van der Waals surface area contributed by atoms with Gasteiger partial charge in [0, 0.05) is 6.54 Å². The summed E-state index contributed by atoms with van der Waals surface area (Å²) in [4.78, 5) is 12.6. The minimum absolute atomic E-state index is 0.175. The Labute approximate surface area is 137 Å². The van der Waals surface area contributed by atoms with Crippen LogP contribution in [-0.2, 0) is 6.54 Å². The Morgan fingerprint density at radius 2 is 1.77 bits per heavy atom. The smallest absolute Gasteiger partial charge is 0.261 e. The standard InChI is InChI=1S/C15H16ClNO4S/c1-19-10-6-9(7-11(20-2)14(10)21-3)8-17-15(18)12-4-5-13(16)22-12/h4-7H,8H2,1-3H3,(H,17,18). The fourth-order valence-corrected chi connectivity index (χ4v) is 2.90. The predicted molar refractivity (Wildman–Crippen MR) is 86.6 cm³/mol. The Balaban J connectivity index is 2.14. The second-order valence-electron chi connectivity index (χ2n) is 4.32. The topological polar surface area (TPSA) is 56.8 Å². The lowest BCUT2D eigenvalue weighted by Gasteiger charge is -2.14. The molecule has 2 aromatic rings. The minimum Gasteiger partial charge on any atom is -0.493 e. The van der Waals surface area contributed by atoms with Crippen LogP contribution in [0.15, 0.2) is 24.3 Å². The Morgan fingerprint density at radius 1 is 1.14 bits per heavy atom. The Kier molecular flexibility index (Phi) is 5.51. The molecule has 2 rings (SSSR count). The highest BCUT2D eigenvalue weighted by atomic mass is 35.5. The molecule has 22 heavy (non-hydrogen) atoms. The summed E-state index contributed by atoms with van der Waals surface area (Å²) in [7, 11) is 4.64. The molecule has 0 aliphatic rings. The molecule has 7 heteroatoms. The monoisotopic (exact) mass is 341 g/mol. The zero-order valence-electron chi connectivity index (χ0n) is 12.4. The number of rotatable bonds is 6. The van der Waals surface area contributed by atoms with Crippen molar-refractivity contribution in [2.45, 2.75) is 6.54 Å². The van der Waals surface area contributed by atoms with Crippen molar-refractivity contribution in [1.82, 2.24) is 5.32 Å². The van der Waals surface area contributed by atoms with Crippen molar-refractivity contribution in [2.75, 3.05) is 21.3 Å². The van der Waals surface area contributed by atoms with E-state index in [9.17, 15) is 4.79 Å². The van der Waals surface area contributed by atoms with Gasteiger partial charge in [-0.25, -0.2) is 0 Å². The maximum atomic E-state index is 12.0. The van der Waals surface area contributed by atoms with Crippen LogP contribution in [0.25, 0.3) is 0 Å². The van der Waals surface area contributed by atoms with Gasteiger partial charge in [0.15, 0.2) is 11.5 Å². The average Bonchev–Trinajstić information content (AvgIpc) is 2.97. The van der Waals surface area contributed by atoms with Crippen LogP contribution in [0.3, 0.4) is 0 Å². The first-order valence-electron chi connectivity index (χ1n) is 6.41. The molecule has 0 saturated carbocycles. The second-order valence-corrected chi connectivity index (χ2v) is 6.04. The number of ether oxygens (including phenoxy) is 3. The summed E-state index contributed by atoms with van der Waals surface area (Å²) in [5, 5.41) is 2.83. The fraction of sp³-hybridized carbons (Fsp3) is 0.267. The van der Waals surface area contributed by atoms with Gasteiger partial charge in [-0.3, -0.25) is 4.79 Å². The third kappa shape index (κ3) is 3.64. The van der Waals surface area contributed by atoms with Crippen molar-refractivity contribution in [1.29, 1.82) is 0 Å². The Hall–Kier alpha value is -1.92. The highest BCUT2D eigenvalue weighted by molar-refractivity contribution is 7.17. The number of carbonyl (C=O) groups excluding carboxylic acids is 1. The van der Waals surface area contributed by atoms with E-state index in [4.69, 9.17) is 25.8 Å². The highest BCUT2D eigenvalue weighted by Crippen LogP contribution is 2.38. The van der Waals surface area contributed by atoms with E-state index in [1.54, 1.807) is 45.6 Å². The molecular weight excluding hydrogens is 326 g/mol. The molecule has 1 heterocycles. The lowest BCUT2D eigenvalue weighted by atomic mass is 10.1. The molecule has 0 spiro atoms. The number of nitrogens with one attached hydrogen (secondary N) is 1. The van der Waals surface area contributed by atoms with E-state index in [-0.39, 0.29) is 5.91 Å². The van der Waals surface area contributed by atoms with Crippen LogP contribution in [0, 0.1) is 0 Å². The molecule has 0 fully saturated rings. The molecule has 1 N–H and O–H groups in total. The molecule has 0 aliphatic carbocycles. The summed E-state index contributed by atoms with van der Waals surface area (Å²) in [6.45, 7) is 0.338. The number of hydrogen-bond acceptors (Lipinski definition) is 5. The quantitative estimate of drug-likeness (QED) is 0.875. The van der Waals surface area contributed by atoms with Crippen LogP contribution in [0.5, 0.6) is 17.2 Å². The van der Waals surface area contributed by atoms with Gasteiger partial charge in [-0.1, -0.05) is 11.6 Å². The van der Waals surface area contributed by atoms with Crippen LogP contribution >= 0.6 is 22.9 Å². The van der Waals surface area contributed by atoms with Gasteiger partial charge in [-0.05, 0) is 29.8 Å². The maximum absolute atomic E-state index is 12.0. The molecule has 1 aromatic heterocycles. The molecule has 1 aromatic carbocycles. The third-order valence-electron chi connectivity index (χ3n) is 2.97. The molecule has 0 radical (unpaired) electrons. The maximum Gasteiger partial charge on any atom is 0.261 e. The molecule has 1 amide bonds. The van der Waals surface area contributed by atoms with Crippen molar-refractivity contribution in [3.05, 3.63) is 39.0 Å². The summed E-state index contributed by atoms with van der Waals surface area (Å²) in [6.07, 6.45) is 0. The van der Waals surface area contributed by atoms with Crippen LogP contribution in [0.4, 0.5) is 0 Å². The summed E-state index contributed by atoms with van der Waals surface area (Å²) in [5.74, 6) is 1.44. The van der Waals surface area contributed by atoms with E-state index >= 15 is 0 Å². The Bertz CT molecular complexity index is 646. The summed E-state index contributed by atoms with van der Waals surface area (Å²) >= 11 is 7.06. The predicted octanol–water partition coefficient (Wildman–Crippen LogP) is 3.36. The normalized spacial score (nSPS) is 10.2. The van der Waals surface area contributed by atoms with Crippen molar-refractivity contribution in [2.24, 2.45) is 0 Å². The van der Waals surface area contributed by atoms with Crippen LogP contribution in [-0.4, -0.2) is 27.2 Å². The van der Waals surface area contributed by atoms with Crippen LogP contribution in [0.1, 0.15) is 15.2 Å². The van der Waals surface area contributed by atoms with Crippen molar-refractivity contribution in [3.8, 4) is 17.2 Å². The SMILES string of the molecule is COc1cc(CNC(=O)c2ccc(Cl)s2)cc(OC)c1OC. The van der Waals surface area contributed by atoms with Crippen LogP contribution in [0.2, 0.25) is 4.34 Å². The zero-order valence-corrected chi connectivity index (χ0v) is 14.0. The number of hydrogen-bond donors (Lipinski definition) is 1. The van der Waals surface area contributed by atoms with Crippen molar-refractivity contribution >= 4 is 28.8 Å². The van der Waals surface area contributed by atoms with Gasteiger partial charge in [-0.15, -0.1) is 11.3 Å². The van der Waals surface area contributed by atoms with E-state index < -0.39 is 0 Å². The van der Waals surface area contributed by atoms with E-state index in [1.807, 2.05) is 0 Å². The van der Waals surface area contributed by atoms with Crippen molar-refractivity contribution in [3.63, 3.8) is 0 Å². The third-order valence-corrected chi connectivity index (χ3v) is 4.20. The van der Waals surface area contributed by atoms with Gasteiger partial charge < -0.3 is 19.5 Å². The number of halogens is 1. The molecule has 118 valence electrons. The van der Waals surface area contributed by atoms with Gasteiger partial charge in [-0.2, -0.15) is 0 Å². The summed E-state index contributed by atoms with van der Waals surface area (Å²) in [5.41, 5.74) is 0.838. The highest BCUT2D eigenvalue weighted by Gasteiger charge is 2.14. The minimum atomic E-state index is -0.175. The number of thiophene rings is 1. The molecule has 5 nitrogen and oxygen atoms in total. The first-order chi connectivity index (χ1) is 10.6. The van der Waals surface area contributed by atoms with Gasteiger partial charge in [0.05, 0.1) is 30.5 Å². The number of benzene rings is 1. The lowest BCUT2D eigenvalue weighted by Crippen LogP contribution is -2.21. The molecule has 0 unspecified atom stereocenters. The second kappa shape index (κ2) is 7.38. The number of carbonyl (C=O) groups is 1. The first-order valence-corrected chi connectivity index (χ1v) is 7.61. The van der Waals surface area contributed by atoms with Crippen LogP contribution < -0.4 is 19.5 Å². The summed E-state index contributed by atoms with van der Waals surface area (Å²) < 4.78 is 16.4. The zero-order chi connectivity index (χ0) is 16.1. The molecular formula is C15H16ClNO4S. The van der Waals surface area contributed by atoms with Gasteiger partial charge in [0.2, 0.25) is 5.75 Å². The molecule has 0 atom stereocenters. The van der Waals surface area contributed by atoms with Crippen molar-refractivity contribution < 1.29 is 19.0 Å². The van der Waals surface area contributed by atoms with Gasteiger partial charge in [0.1, 0.15) is 0 Å². The van der Waals surface area contributed by atoms with E-state index in [1.165, 1.54) is 11.3 Å². The number of methoxy groups -OCH3 is 3. The first kappa shape index (κ1) is 16.5. The number of amides is 1. The van der Waals surface area contributed by atoms with E-state index in [2.05, 4.69) is 5.32 Å². The molecule has 0 bridgehead atoms. The van der Waals surface area contributed by atoms with E-state index in [0.717, 1.165) is 5.56 Å². The van der Waals surface area contributed by atoms with Gasteiger partial charge in [0.25, 0.3) is 5.91 Å². The van der Waals surface area contributed by atoms with E-state index in [0.29, 0.717) is 33.0 Å². The lowest BCUT2D eigenvalue weighted by molar-refractivity contribution is 0.0955. The fourth-order valence-electron chi connectivity index (χ4n) is 1.94. The van der Waals surface area contributed by atoms with Gasteiger partial charge >= 0.3 is 0 Å². The average molecular weight is 342 g/mol.